The minimum Gasteiger partial charge on any atom is -0.497 e. The molecule has 0 saturated heterocycles. The van der Waals surface area contributed by atoms with Crippen LogP contribution in [0.3, 0.4) is 0 Å². The predicted molar refractivity (Wildman–Crippen MR) is 80.2 cm³/mol. The highest BCUT2D eigenvalue weighted by Crippen LogP contribution is 2.24. The molecule has 0 bridgehead atoms. The largest absolute Gasteiger partial charge is 0.497 e. The molecule has 0 aliphatic rings. The van der Waals surface area contributed by atoms with E-state index >= 15 is 0 Å². The lowest BCUT2D eigenvalue weighted by Crippen LogP contribution is -2.22. The summed E-state index contributed by atoms with van der Waals surface area (Å²) in [7, 11) is 0.374. The van der Waals surface area contributed by atoms with Crippen molar-refractivity contribution in [3.8, 4) is 11.5 Å². The standard InChI is InChI=1S/C14H23NO4S/c1-11(2)20(16,17)8-7-19-14-6-5-13(18-4)9-12(14)10-15-3/h5-6,9,11,15H,7-8,10H2,1-4H3. The Kier molecular flexibility index (Phi) is 6.29. The molecule has 114 valence electrons. The molecule has 0 saturated carbocycles. The van der Waals surface area contributed by atoms with Crippen LogP contribution in [0.5, 0.6) is 11.5 Å². The summed E-state index contributed by atoms with van der Waals surface area (Å²) in [5.41, 5.74) is 0.939. The molecule has 1 aromatic carbocycles. The van der Waals surface area contributed by atoms with Gasteiger partial charge in [-0.3, -0.25) is 0 Å². The molecular formula is C14H23NO4S. The van der Waals surface area contributed by atoms with Crippen molar-refractivity contribution < 1.29 is 17.9 Å². The summed E-state index contributed by atoms with van der Waals surface area (Å²) in [6.07, 6.45) is 0. The summed E-state index contributed by atoms with van der Waals surface area (Å²) in [6, 6.07) is 5.47. The molecular weight excluding hydrogens is 278 g/mol. The number of methoxy groups -OCH3 is 1. The number of sulfone groups is 1. The highest BCUT2D eigenvalue weighted by molar-refractivity contribution is 7.91. The lowest BCUT2D eigenvalue weighted by atomic mass is 10.2. The maximum absolute atomic E-state index is 11.7. The Bertz CT molecular complexity index is 526. The maximum Gasteiger partial charge on any atom is 0.155 e. The van der Waals surface area contributed by atoms with Crippen molar-refractivity contribution in [3.05, 3.63) is 23.8 Å². The molecule has 1 rings (SSSR count). The van der Waals surface area contributed by atoms with Crippen LogP contribution in [0.2, 0.25) is 0 Å². The summed E-state index contributed by atoms with van der Waals surface area (Å²) in [5, 5.41) is 2.67. The fourth-order valence-electron chi connectivity index (χ4n) is 1.66. The van der Waals surface area contributed by atoms with Gasteiger partial charge in [0.2, 0.25) is 0 Å². The number of nitrogens with one attached hydrogen (secondary N) is 1. The van der Waals surface area contributed by atoms with Gasteiger partial charge < -0.3 is 14.8 Å². The number of hydrogen-bond donors (Lipinski definition) is 1. The molecule has 1 N–H and O–H groups in total. The van der Waals surface area contributed by atoms with Gasteiger partial charge in [-0.1, -0.05) is 0 Å². The molecule has 0 amide bonds. The second-order valence-corrected chi connectivity index (χ2v) is 7.44. The average Bonchev–Trinajstić information content (AvgIpc) is 2.40. The number of benzene rings is 1. The minimum absolute atomic E-state index is 0.0235. The third kappa shape index (κ3) is 4.68. The highest BCUT2D eigenvalue weighted by Gasteiger charge is 2.16. The lowest BCUT2D eigenvalue weighted by molar-refractivity contribution is 0.334. The SMILES string of the molecule is CNCc1cc(OC)ccc1OCCS(=O)(=O)C(C)C. The fourth-order valence-corrected chi connectivity index (χ4v) is 2.44. The number of ether oxygens (including phenoxy) is 2. The first kappa shape index (κ1) is 16.8. The van der Waals surface area contributed by atoms with Crippen molar-refractivity contribution >= 4 is 9.84 Å². The molecule has 5 nitrogen and oxygen atoms in total. The molecule has 0 aromatic heterocycles. The molecule has 0 unspecified atom stereocenters. The van der Waals surface area contributed by atoms with Crippen LogP contribution < -0.4 is 14.8 Å². The Morgan fingerprint density at radius 2 is 2.00 bits per heavy atom. The molecule has 20 heavy (non-hydrogen) atoms. The zero-order valence-corrected chi connectivity index (χ0v) is 13.3. The quantitative estimate of drug-likeness (QED) is 0.790. The van der Waals surface area contributed by atoms with Crippen molar-refractivity contribution in [2.75, 3.05) is 26.5 Å². The Labute approximate surface area is 121 Å². The Morgan fingerprint density at radius 3 is 2.55 bits per heavy atom. The van der Waals surface area contributed by atoms with Crippen LogP contribution >= 0.6 is 0 Å². The van der Waals surface area contributed by atoms with Crippen LogP contribution in [-0.2, 0) is 16.4 Å². The number of hydrogen-bond acceptors (Lipinski definition) is 5. The number of rotatable bonds is 8. The van der Waals surface area contributed by atoms with E-state index in [-0.39, 0.29) is 17.6 Å². The average molecular weight is 301 g/mol. The summed E-state index contributed by atoms with van der Waals surface area (Å²) in [6.45, 7) is 4.14. The molecule has 0 radical (unpaired) electrons. The van der Waals surface area contributed by atoms with E-state index in [9.17, 15) is 8.42 Å². The zero-order valence-electron chi connectivity index (χ0n) is 12.5. The molecule has 0 heterocycles. The first-order chi connectivity index (χ1) is 9.40. The zero-order chi connectivity index (χ0) is 15.2. The smallest absolute Gasteiger partial charge is 0.155 e. The first-order valence-corrected chi connectivity index (χ1v) is 8.28. The van der Waals surface area contributed by atoms with Crippen LogP contribution in [0.25, 0.3) is 0 Å². The van der Waals surface area contributed by atoms with Gasteiger partial charge in [0.15, 0.2) is 9.84 Å². The second-order valence-electron chi connectivity index (χ2n) is 4.77. The van der Waals surface area contributed by atoms with Gasteiger partial charge in [0, 0.05) is 12.1 Å². The van der Waals surface area contributed by atoms with E-state index in [1.165, 1.54) is 0 Å². The second kappa shape index (κ2) is 7.50. The van der Waals surface area contributed by atoms with E-state index < -0.39 is 9.84 Å². The van der Waals surface area contributed by atoms with Crippen LogP contribution in [0, 0.1) is 0 Å². The van der Waals surface area contributed by atoms with Crippen molar-refractivity contribution in [1.29, 1.82) is 0 Å². The Balaban J connectivity index is 2.72. The van der Waals surface area contributed by atoms with Crippen LogP contribution in [0.15, 0.2) is 18.2 Å². The molecule has 0 aliphatic carbocycles. The summed E-state index contributed by atoms with van der Waals surface area (Å²) in [4.78, 5) is 0. The van der Waals surface area contributed by atoms with Crippen molar-refractivity contribution in [2.45, 2.75) is 25.6 Å². The van der Waals surface area contributed by atoms with E-state index in [1.807, 2.05) is 13.1 Å². The first-order valence-electron chi connectivity index (χ1n) is 6.56. The van der Waals surface area contributed by atoms with Crippen LogP contribution in [0.1, 0.15) is 19.4 Å². The van der Waals surface area contributed by atoms with E-state index in [0.717, 1.165) is 11.3 Å². The summed E-state index contributed by atoms with van der Waals surface area (Å²) >= 11 is 0. The molecule has 1 aromatic rings. The molecule has 0 aliphatic heterocycles. The van der Waals surface area contributed by atoms with Gasteiger partial charge >= 0.3 is 0 Å². The molecule has 0 atom stereocenters. The third-order valence-corrected chi connectivity index (χ3v) is 5.15. The van der Waals surface area contributed by atoms with E-state index in [4.69, 9.17) is 9.47 Å². The lowest BCUT2D eigenvalue weighted by Gasteiger charge is -2.13. The van der Waals surface area contributed by atoms with Crippen molar-refractivity contribution in [2.24, 2.45) is 0 Å². The van der Waals surface area contributed by atoms with E-state index in [0.29, 0.717) is 12.3 Å². The fraction of sp³-hybridized carbons (Fsp3) is 0.571. The Hall–Kier alpha value is -1.27. The van der Waals surface area contributed by atoms with Gasteiger partial charge in [0.25, 0.3) is 0 Å². The Morgan fingerprint density at radius 1 is 1.30 bits per heavy atom. The monoisotopic (exact) mass is 301 g/mol. The van der Waals surface area contributed by atoms with Gasteiger partial charge in [-0.05, 0) is 39.1 Å². The minimum atomic E-state index is -3.07. The highest BCUT2D eigenvalue weighted by atomic mass is 32.2. The van der Waals surface area contributed by atoms with Crippen molar-refractivity contribution in [3.63, 3.8) is 0 Å². The van der Waals surface area contributed by atoms with Gasteiger partial charge in [-0.2, -0.15) is 0 Å². The van der Waals surface area contributed by atoms with Gasteiger partial charge in [0.05, 0.1) is 18.1 Å². The predicted octanol–water partition coefficient (Wildman–Crippen LogP) is 1.62. The topological polar surface area (TPSA) is 64.6 Å². The molecule has 6 heteroatoms. The molecule has 0 spiro atoms. The van der Waals surface area contributed by atoms with Gasteiger partial charge in [-0.25, -0.2) is 8.42 Å². The third-order valence-electron chi connectivity index (χ3n) is 2.98. The van der Waals surface area contributed by atoms with E-state index in [2.05, 4.69) is 5.32 Å². The van der Waals surface area contributed by atoms with Crippen LogP contribution in [-0.4, -0.2) is 40.2 Å². The van der Waals surface area contributed by atoms with Gasteiger partial charge in [-0.15, -0.1) is 0 Å². The maximum atomic E-state index is 11.7. The van der Waals surface area contributed by atoms with Gasteiger partial charge in [0.1, 0.15) is 18.1 Å². The summed E-state index contributed by atoms with van der Waals surface area (Å²) < 4.78 is 34.2. The van der Waals surface area contributed by atoms with Crippen molar-refractivity contribution in [1.82, 2.24) is 5.32 Å². The van der Waals surface area contributed by atoms with Crippen LogP contribution in [0.4, 0.5) is 0 Å². The molecule has 0 fully saturated rings. The summed E-state index contributed by atoms with van der Waals surface area (Å²) in [5.74, 6) is 1.45. The van der Waals surface area contributed by atoms with E-state index in [1.54, 1.807) is 33.1 Å². The normalized spacial score (nSPS) is 11.7.